The van der Waals surface area contributed by atoms with E-state index in [0.29, 0.717) is 18.2 Å². The molecule has 2 N–H and O–H groups in total. The van der Waals surface area contributed by atoms with Crippen LogP contribution in [0.15, 0.2) is 54.6 Å². The molecule has 4 heteroatoms. The van der Waals surface area contributed by atoms with E-state index in [-0.39, 0.29) is 6.10 Å². The predicted molar refractivity (Wildman–Crippen MR) is 88.6 cm³/mol. The molecule has 0 bridgehead atoms. The van der Waals surface area contributed by atoms with E-state index in [2.05, 4.69) is 12.1 Å². The van der Waals surface area contributed by atoms with Crippen LogP contribution in [0.3, 0.4) is 0 Å². The summed E-state index contributed by atoms with van der Waals surface area (Å²) in [5, 5.41) is 0. The van der Waals surface area contributed by atoms with Crippen molar-refractivity contribution in [3.63, 3.8) is 0 Å². The zero-order valence-electron chi connectivity index (χ0n) is 12.0. The maximum absolute atomic E-state index is 5.75. The van der Waals surface area contributed by atoms with Gasteiger partial charge in [0.25, 0.3) is 0 Å². The van der Waals surface area contributed by atoms with Crippen molar-refractivity contribution < 1.29 is 9.47 Å². The lowest BCUT2D eigenvalue weighted by Crippen LogP contribution is -2.11. The van der Waals surface area contributed by atoms with Gasteiger partial charge in [0, 0.05) is 5.56 Å². The Hall–Kier alpha value is -1.91. The SMILES string of the molecule is CC(OCCOc1cccc(C(N)=S)c1)c1ccccc1. The quantitative estimate of drug-likeness (QED) is 0.628. The first-order chi connectivity index (χ1) is 10.2. The Bertz CT molecular complexity index is 586. The van der Waals surface area contributed by atoms with Crippen LogP contribution in [0.5, 0.6) is 5.75 Å². The molecule has 3 nitrogen and oxygen atoms in total. The molecular weight excluding hydrogens is 282 g/mol. The largest absolute Gasteiger partial charge is 0.491 e. The van der Waals surface area contributed by atoms with Crippen molar-refractivity contribution in [2.24, 2.45) is 5.73 Å². The number of benzene rings is 2. The highest BCUT2D eigenvalue weighted by atomic mass is 32.1. The van der Waals surface area contributed by atoms with E-state index in [1.807, 2.05) is 49.4 Å². The van der Waals surface area contributed by atoms with Crippen LogP contribution in [0.2, 0.25) is 0 Å². The first-order valence-corrected chi connectivity index (χ1v) is 7.27. The topological polar surface area (TPSA) is 44.5 Å². The molecule has 2 aromatic rings. The second-order valence-corrected chi connectivity index (χ2v) is 5.10. The molecule has 0 saturated carbocycles. The molecule has 0 radical (unpaired) electrons. The van der Waals surface area contributed by atoms with Gasteiger partial charge in [0.1, 0.15) is 17.3 Å². The van der Waals surface area contributed by atoms with Crippen molar-refractivity contribution in [3.05, 3.63) is 65.7 Å². The molecule has 0 aliphatic heterocycles. The Morgan fingerprint density at radius 1 is 1.10 bits per heavy atom. The number of nitrogens with two attached hydrogens (primary N) is 1. The van der Waals surface area contributed by atoms with Gasteiger partial charge in [0.05, 0.1) is 12.7 Å². The normalized spacial score (nSPS) is 11.9. The van der Waals surface area contributed by atoms with Crippen molar-refractivity contribution in [3.8, 4) is 5.75 Å². The fourth-order valence-electron chi connectivity index (χ4n) is 1.94. The van der Waals surface area contributed by atoms with Gasteiger partial charge in [-0.1, -0.05) is 54.7 Å². The van der Waals surface area contributed by atoms with Crippen LogP contribution in [0, 0.1) is 0 Å². The van der Waals surface area contributed by atoms with E-state index in [1.165, 1.54) is 0 Å². The van der Waals surface area contributed by atoms with Crippen LogP contribution in [0.25, 0.3) is 0 Å². The minimum atomic E-state index is 0.0535. The van der Waals surface area contributed by atoms with Gasteiger partial charge in [-0.15, -0.1) is 0 Å². The first-order valence-electron chi connectivity index (χ1n) is 6.86. The van der Waals surface area contributed by atoms with E-state index in [1.54, 1.807) is 0 Å². The highest BCUT2D eigenvalue weighted by molar-refractivity contribution is 7.80. The second-order valence-electron chi connectivity index (χ2n) is 4.66. The van der Waals surface area contributed by atoms with Crippen molar-refractivity contribution in [1.29, 1.82) is 0 Å². The van der Waals surface area contributed by atoms with Crippen molar-refractivity contribution in [2.45, 2.75) is 13.0 Å². The summed E-state index contributed by atoms with van der Waals surface area (Å²) in [6.07, 6.45) is 0.0535. The predicted octanol–water partition coefficient (Wildman–Crippen LogP) is 3.48. The fraction of sp³-hybridized carbons (Fsp3) is 0.235. The summed E-state index contributed by atoms with van der Waals surface area (Å²) in [6, 6.07) is 17.6. The highest BCUT2D eigenvalue weighted by Gasteiger charge is 2.05. The zero-order valence-corrected chi connectivity index (χ0v) is 12.8. The summed E-state index contributed by atoms with van der Waals surface area (Å²) in [4.78, 5) is 0.370. The van der Waals surface area contributed by atoms with Crippen molar-refractivity contribution in [1.82, 2.24) is 0 Å². The molecule has 110 valence electrons. The van der Waals surface area contributed by atoms with E-state index < -0.39 is 0 Å². The Morgan fingerprint density at radius 2 is 1.86 bits per heavy atom. The van der Waals surface area contributed by atoms with Crippen LogP contribution in [-0.4, -0.2) is 18.2 Å². The van der Waals surface area contributed by atoms with Gasteiger partial charge in [-0.05, 0) is 24.6 Å². The summed E-state index contributed by atoms with van der Waals surface area (Å²) >= 11 is 4.94. The lowest BCUT2D eigenvalue weighted by molar-refractivity contribution is 0.0439. The lowest BCUT2D eigenvalue weighted by Gasteiger charge is -2.14. The lowest BCUT2D eigenvalue weighted by atomic mass is 10.1. The molecule has 0 fully saturated rings. The zero-order chi connectivity index (χ0) is 15.1. The number of hydrogen-bond donors (Lipinski definition) is 1. The molecule has 1 atom stereocenters. The maximum atomic E-state index is 5.75. The van der Waals surface area contributed by atoms with Gasteiger partial charge in [0.15, 0.2) is 0 Å². The van der Waals surface area contributed by atoms with Gasteiger partial charge < -0.3 is 15.2 Å². The molecule has 0 saturated heterocycles. The molecule has 0 aliphatic carbocycles. The summed E-state index contributed by atoms with van der Waals surface area (Å²) in [5.74, 6) is 0.747. The Labute approximate surface area is 130 Å². The van der Waals surface area contributed by atoms with E-state index in [4.69, 9.17) is 27.4 Å². The Morgan fingerprint density at radius 3 is 2.57 bits per heavy atom. The fourth-order valence-corrected chi connectivity index (χ4v) is 2.07. The van der Waals surface area contributed by atoms with E-state index in [9.17, 15) is 0 Å². The molecular formula is C17H19NO2S. The second kappa shape index (κ2) is 7.76. The molecule has 0 heterocycles. The van der Waals surface area contributed by atoms with Crippen LogP contribution in [0.1, 0.15) is 24.2 Å². The molecule has 0 aromatic heterocycles. The van der Waals surface area contributed by atoms with Crippen molar-refractivity contribution in [2.75, 3.05) is 13.2 Å². The Balaban J connectivity index is 1.77. The Kier molecular flexibility index (Phi) is 5.72. The van der Waals surface area contributed by atoms with Gasteiger partial charge in [-0.3, -0.25) is 0 Å². The average molecular weight is 301 g/mol. The minimum absolute atomic E-state index is 0.0535. The molecule has 21 heavy (non-hydrogen) atoms. The van der Waals surface area contributed by atoms with Crippen molar-refractivity contribution >= 4 is 17.2 Å². The molecule has 0 aliphatic rings. The molecule has 2 rings (SSSR count). The summed E-state index contributed by atoms with van der Waals surface area (Å²) in [6.45, 7) is 3.04. The standard InChI is InChI=1S/C17H19NO2S/c1-13(14-6-3-2-4-7-14)19-10-11-20-16-9-5-8-15(12-16)17(18)21/h2-9,12-13H,10-11H2,1H3,(H2,18,21). The third kappa shape index (κ3) is 4.85. The monoisotopic (exact) mass is 301 g/mol. The van der Waals surface area contributed by atoms with Gasteiger partial charge in [0.2, 0.25) is 0 Å². The van der Waals surface area contributed by atoms with Gasteiger partial charge in [-0.2, -0.15) is 0 Å². The summed E-state index contributed by atoms with van der Waals surface area (Å²) in [7, 11) is 0. The van der Waals surface area contributed by atoms with Gasteiger partial charge in [-0.25, -0.2) is 0 Å². The summed E-state index contributed by atoms with van der Waals surface area (Å²) in [5.41, 5.74) is 7.56. The molecule has 2 aromatic carbocycles. The van der Waals surface area contributed by atoms with Crippen LogP contribution in [-0.2, 0) is 4.74 Å². The van der Waals surface area contributed by atoms with Crippen LogP contribution < -0.4 is 10.5 Å². The molecule has 1 unspecified atom stereocenters. The van der Waals surface area contributed by atoms with Crippen LogP contribution in [0.4, 0.5) is 0 Å². The van der Waals surface area contributed by atoms with E-state index >= 15 is 0 Å². The highest BCUT2D eigenvalue weighted by Crippen LogP contribution is 2.16. The number of hydrogen-bond acceptors (Lipinski definition) is 3. The number of ether oxygens (including phenoxy) is 2. The van der Waals surface area contributed by atoms with Crippen LogP contribution >= 0.6 is 12.2 Å². The molecule has 0 amide bonds. The molecule has 0 spiro atoms. The average Bonchev–Trinajstić information content (AvgIpc) is 2.52. The third-order valence-corrected chi connectivity index (χ3v) is 3.34. The van der Waals surface area contributed by atoms with Gasteiger partial charge >= 0.3 is 0 Å². The first kappa shape index (κ1) is 15.5. The number of rotatable bonds is 7. The maximum Gasteiger partial charge on any atom is 0.120 e. The van der Waals surface area contributed by atoms with E-state index in [0.717, 1.165) is 16.9 Å². The number of thiocarbonyl (C=S) groups is 1. The third-order valence-electron chi connectivity index (χ3n) is 3.11. The summed E-state index contributed by atoms with van der Waals surface area (Å²) < 4.78 is 11.4. The smallest absolute Gasteiger partial charge is 0.120 e. The minimum Gasteiger partial charge on any atom is -0.491 e.